The number of carboxylic acids is 1. The molecule has 1 saturated heterocycles. The Labute approximate surface area is 249 Å². The number of aliphatic carboxylic acids is 1. The molecule has 1 N–H and O–H groups in total. The molecule has 1 aliphatic heterocycles. The van der Waals surface area contributed by atoms with Gasteiger partial charge >= 0.3 is 5.97 Å². The number of hydrogen-bond donors (Lipinski definition) is 1. The number of hydrogen-bond acceptors (Lipinski definition) is 6. The van der Waals surface area contributed by atoms with Gasteiger partial charge in [0.1, 0.15) is 11.3 Å². The van der Waals surface area contributed by atoms with Crippen LogP contribution in [0.1, 0.15) is 22.8 Å². The van der Waals surface area contributed by atoms with Crippen molar-refractivity contribution in [2.45, 2.75) is 13.0 Å². The first-order valence-electron chi connectivity index (χ1n) is 12.5. The van der Waals surface area contributed by atoms with Gasteiger partial charge in [0.2, 0.25) is 11.8 Å². The Balaban J connectivity index is 1.65. The fourth-order valence-electron chi connectivity index (χ4n) is 5.01. The molecule has 0 radical (unpaired) electrons. The molecule has 210 valence electrons. The third-order valence-corrected chi connectivity index (χ3v) is 7.71. The van der Waals surface area contributed by atoms with Gasteiger partial charge in [0.05, 0.1) is 15.6 Å². The second-order valence-corrected chi connectivity index (χ2v) is 10.7. The number of carbonyl (C=O) groups excluding carboxylic acids is 2. The molecule has 0 aliphatic carbocycles. The second-order valence-electron chi connectivity index (χ2n) is 9.43. The highest BCUT2D eigenvalue weighted by atomic mass is 35.5. The van der Waals surface area contributed by atoms with Crippen molar-refractivity contribution in [3.05, 3.63) is 87.5 Å². The van der Waals surface area contributed by atoms with Gasteiger partial charge in [-0.25, -0.2) is 4.79 Å². The maximum Gasteiger partial charge on any atom is 0.328 e. The zero-order valence-corrected chi connectivity index (χ0v) is 24.0. The summed E-state index contributed by atoms with van der Waals surface area (Å²) >= 11 is 19.2. The van der Waals surface area contributed by atoms with E-state index in [2.05, 4.69) is 11.7 Å². The van der Waals surface area contributed by atoms with E-state index < -0.39 is 11.9 Å². The van der Waals surface area contributed by atoms with E-state index in [4.69, 9.17) is 44.4 Å². The van der Waals surface area contributed by atoms with Crippen molar-refractivity contribution in [3.63, 3.8) is 0 Å². The van der Waals surface area contributed by atoms with Gasteiger partial charge in [-0.1, -0.05) is 58.7 Å². The molecule has 2 aromatic carbocycles. The van der Waals surface area contributed by atoms with Crippen LogP contribution < -0.4 is 4.90 Å². The molecular formula is C29H23Cl3N4O5. The third kappa shape index (κ3) is 5.36. The summed E-state index contributed by atoms with van der Waals surface area (Å²) in [5.74, 6) is -1.53. The molecule has 0 spiro atoms. The Hall–Kier alpha value is -4.05. The van der Waals surface area contributed by atoms with Gasteiger partial charge in [0, 0.05) is 53.9 Å². The molecule has 41 heavy (non-hydrogen) atoms. The number of nitrogens with zero attached hydrogens (tertiary/aromatic N) is 4. The number of carboxylic acid groups (broad SMARTS) is 1. The molecule has 0 unspecified atom stereocenters. The highest BCUT2D eigenvalue weighted by Gasteiger charge is 2.35. The molecule has 9 nitrogen and oxygen atoms in total. The zero-order chi connectivity index (χ0) is 29.4. The number of rotatable bonds is 6. The fraction of sp³-hybridized carbons (Fsp3) is 0.172. The highest BCUT2D eigenvalue weighted by Crippen LogP contribution is 2.42. The van der Waals surface area contributed by atoms with Gasteiger partial charge in [0.15, 0.2) is 0 Å². The Kier molecular flexibility index (Phi) is 7.95. The monoisotopic (exact) mass is 612 g/mol. The van der Waals surface area contributed by atoms with Gasteiger partial charge in [-0.05, 0) is 48.9 Å². The highest BCUT2D eigenvalue weighted by molar-refractivity contribution is 6.42. The first kappa shape index (κ1) is 28.5. The fourth-order valence-corrected chi connectivity index (χ4v) is 6.01. The lowest BCUT2D eigenvalue weighted by Crippen LogP contribution is -2.53. The molecule has 2 aromatic heterocycles. The lowest BCUT2D eigenvalue weighted by Gasteiger charge is -2.39. The molecule has 3 heterocycles. The molecule has 1 fully saturated rings. The topological polar surface area (TPSA) is 109 Å². The van der Waals surface area contributed by atoms with E-state index in [-0.39, 0.29) is 44.7 Å². The molecule has 0 bridgehead atoms. The summed E-state index contributed by atoms with van der Waals surface area (Å²) in [4.78, 5) is 41.3. The largest absolute Gasteiger partial charge is 0.478 e. The summed E-state index contributed by atoms with van der Waals surface area (Å²) in [5, 5.41) is 14.7. The van der Waals surface area contributed by atoms with Crippen LogP contribution in [0.5, 0.6) is 0 Å². The average Bonchev–Trinajstić information content (AvgIpc) is 3.56. The average molecular weight is 614 g/mol. The molecular weight excluding hydrogens is 591 g/mol. The van der Waals surface area contributed by atoms with Gasteiger partial charge in [-0.3, -0.25) is 14.2 Å². The van der Waals surface area contributed by atoms with Crippen molar-refractivity contribution in [1.82, 2.24) is 14.6 Å². The van der Waals surface area contributed by atoms with Gasteiger partial charge in [-0.2, -0.15) is 0 Å². The van der Waals surface area contributed by atoms with E-state index in [9.17, 15) is 14.4 Å². The number of amides is 1. The molecule has 12 heteroatoms. The van der Waals surface area contributed by atoms with Crippen molar-refractivity contribution >= 4 is 75.4 Å². The Morgan fingerprint density at radius 3 is 2.51 bits per heavy atom. The van der Waals surface area contributed by atoms with E-state index in [0.29, 0.717) is 41.1 Å². The van der Waals surface area contributed by atoms with E-state index in [1.165, 1.54) is 28.9 Å². The molecule has 5 rings (SSSR count). The van der Waals surface area contributed by atoms with Gasteiger partial charge in [-0.15, -0.1) is 0 Å². The van der Waals surface area contributed by atoms with Crippen molar-refractivity contribution in [2.75, 3.05) is 24.5 Å². The molecule has 1 amide bonds. The Bertz CT molecular complexity index is 1720. The normalized spacial score (nSPS) is 15.6. The summed E-state index contributed by atoms with van der Waals surface area (Å²) in [6, 6.07) is 9.76. The summed E-state index contributed by atoms with van der Waals surface area (Å²) in [6.45, 7) is 6.59. The van der Waals surface area contributed by atoms with E-state index in [1.54, 1.807) is 35.4 Å². The molecule has 0 saturated carbocycles. The van der Waals surface area contributed by atoms with Crippen molar-refractivity contribution in [1.29, 1.82) is 0 Å². The zero-order valence-electron chi connectivity index (χ0n) is 21.7. The van der Waals surface area contributed by atoms with Crippen LogP contribution in [0, 0.1) is 0 Å². The van der Waals surface area contributed by atoms with E-state index in [0.717, 1.165) is 6.08 Å². The maximum atomic E-state index is 14.3. The second kappa shape index (κ2) is 11.4. The SMILES string of the molecule is C=CC(=O)N1CCN(c2onc(-c3c(Cl)cc(Cl)cc3Cl)c2C(=O)n2ccc3c(/C=C/C(=O)O)cccc32)C[C@H]1C. The summed E-state index contributed by atoms with van der Waals surface area (Å²) in [6.07, 6.45) is 5.37. The van der Waals surface area contributed by atoms with Crippen LogP contribution in [0.15, 0.2) is 65.8 Å². The Morgan fingerprint density at radius 1 is 1.12 bits per heavy atom. The number of halogens is 3. The predicted octanol–water partition coefficient (Wildman–Crippen LogP) is 6.27. The summed E-state index contributed by atoms with van der Waals surface area (Å²) in [7, 11) is 0. The number of anilines is 1. The van der Waals surface area contributed by atoms with Crippen molar-refractivity contribution in [3.8, 4) is 11.3 Å². The van der Waals surface area contributed by atoms with Crippen LogP contribution in [-0.2, 0) is 9.59 Å². The van der Waals surface area contributed by atoms with Crippen LogP contribution in [-0.4, -0.2) is 63.2 Å². The smallest absolute Gasteiger partial charge is 0.328 e. The maximum absolute atomic E-state index is 14.3. The first-order valence-corrected chi connectivity index (χ1v) is 13.6. The van der Waals surface area contributed by atoms with Gasteiger partial charge in [0.25, 0.3) is 5.91 Å². The number of benzene rings is 2. The van der Waals surface area contributed by atoms with E-state index in [1.807, 2.05) is 11.8 Å². The minimum Gasteiger partial charge on any atom is -0.478 e. The summed E-state index contributed by atoms with van der Waals surface area (Å²) in [5.41, 5.74) is 1.71. The first-order chi connectivity index (χ1) is 19.6. The lowest BCUT2D eigenvalue weighted by atomic mass is 10.0. The lowest BCUT2D eigenvalue weighted by molar-refractivity contribution is -0.131. The minimum absolute atomic E-state index is 0.121. The number of aromatic nitrogens is 2. The molecule has 1 aliphatic rings. The van der Waals surface area contributed by atoms with E-state index >= 15 is 0 Å². The van der Waals surface area contributed by atoms with Crippen molar-refractivity contribution < 1.29 is 24.0 Å². The standard InChI is InChI=1S/C29H23Cl3N4O5/c1-3-23(37)35-12-11-34(15-16(35)2)29-26(27(33-41-29)25-20(31)13-18(30)14-21(25)32)28(40)36-10-9-19-17(7-8-24(38)39)5-4-6-22(19)36/h3-10,13-14,16H,1,11-12,15H2,2H3,(H,38,39)/b8-7+/t16-/m1/s1. The molecule has 1 atom stereocenters. The number of piperazine rings is 1. The minimum atomic E-state index is -1.09. The van der Waals surface area contributed by atoms with Crippen LogP contribution in [0.3, 0.4) is 0 Å². The molecule has 4 aromatic rings. The number of carbonyl (C=O) groups is 3. The van der Waals surface area contributed by atoms with Crippen LogP contribution in [0.4, 0.5) is 5.88 Å². The predicted molar refractivity (Wildman–Crippen MR) is 159 cm³/mol. The quantitative estimate of drug-likeness (QED) is 0.256. The Morgan fingerprint density at radius 2 is 1.85 bits per heavy atom. The van der Waals surface area contributed by atoms with Gasteiger partial charge < -0.3 is 19.4 Å². The van der Waals surface area contributed by atoms with Crippen LogP contribution in [0.25, 0.3) is 28.2 Å². The third-order valence-electron chi connectivity index (χ3n) is 6.89. The van der Waals surface area contributed by atoms with Crippen LogP contribution >= 0.6 is 34.8 Å². The summed E-state index contributed by atoms with van der Waals surface area (Å²) < 4.78 is 7.25. The number of fused-ring (bicyclic) bond motifs is 1. The van der Waals surface area contributed by atoms with Crippen LogP contribution in [0.2, 0.25) is 15.1 Å². The van der Waals surface area contributed by atoms with Crippen molar-refractivity contribution in [2.24, 2.45) is 0 Å².